The van der Waals surface area contributed by atoms with Gasteiger partial charge in [-0.15, -0.1) is 11.3 Å². The fourth-order valence-corrected chi connectivity index (χ4v) is 5.02. The van der Waals surface area contributed by atoms with Crippen molar-refractivity contribution in [1.82, 2.24) is 0 Å². The van der Waals surface area contributed by atoms with E-state index in [0.717, 1.165) is 41.7 Å². The number of nitrogens with one attached hydrogen (secondary N) is 1. The molecule has 0 saturated carbocycles. The van der Waals surface area contributed by atoms with Crippen LogP contribution in [0.25, 0.3) is 0 Å². The lowest BCUT2D eigenvalue weighted by molar-refractivity contribution is -0.125. The molecule has 2 aliphatic rings. The maximum absolute atomic E-state index is 12.7. The van der Waals surface area contributed by atoms with Gasteiger partial charge in [0.2, 0.25) is 6.10 Å². The average molecular weight is 404 g/mol. The van der Waals surface area contributed by atoms with Gasteiger partial charge in [-0.3, -0.25) is 9.59 Å². The normalized spacial score (nSPS) is 18.4. The van der Waals surface area contributed by atoms with E-state index in [1.54, 1.807) is 6.07 Å². The van der Waals surface area contributed by atoms with Crippen LogP contribution in [0.4, 0.5) is 5.00 Å². The molecule has 4 rings (SSSR count). The number of halogens is 1. The summed E-state index contributed by atoms with van der Waals surface area (Å²) in [4.78, 5) is 31.1. The molecule has 2 heterocycles. The number of benzene rings is 1. The van der Waals surface area contributed by atoms with Crippen LogP contribution in [0.15, 0.2) is 29.4 Å². The van der Waals surface area contributed by atoms with Crippen molar-refractivity contribution in [2.45, 2.75) is 38.2 Å². The molecule has 1 aliphatic carbocycles. The SMILES string of the molecule is NC(=O)c1c(NC(=O)C2CC(c3ccccc3Cl)=NO2)sc2c1CCCC2. The quantitative estimate of drug-likeness (QED) is 0.817. The molecule has 1 aromatic carbocycles. The third-order valence-electron chi connectivity index (χ3n) is 4.80. The van der Waals surface area contributed by atoms with E-state index in [9.17, 15) is 9.59 Å². The van der Waals surface area contributed by atoms with Gasteiger partial charge in [0.1, 0.15) is 5.00 Å². The Labute approximate surface area is 165 Å². The number of nitrogens with two attached hydrogens (primary N) is 1. The Morgan fingerprint density at radius 1 is 1.26 bits per heavy atom. The van der Waals surface area contributed by atoms with Gasteiger partial charge in [0.05, 0.1) is 11.3 Å². The Morgan fingerprint density at radius 2 is 2.04 bits per heavy atom. The van der Waals surface area contributed by atoms with E-state index >= 15 is 0 Å². The predicted octanol–water partition coefficient (Wildman–Crippen LogP) is 3.51. The Hall–Kier alpha value is -2.38. The molecule has 1 atom stereocenters. The standard InChI is InChI=1S/C19H18ClN3O3S/c20-12-7-3-1-5-10(12)13-9-14(26-23-13)18(25)22-19-16(17(21)24)11-6-2-4-8-15(11)27-19/h1,3,5,7,14H,2,4,6,8-9H2,(H2,21,24)(H,22,25). The van der Waals surface area contributed by atoms with Crippen LogP contribution in [0.5, 0.6) is 0 Å². The van der Waals surface area contributed by atoms with E-state index in [1.165, 1.54) is 11.3 Å². The van der Waals surface area contributed by atoms with Crippen molar-refractivity contribution in [1.29, 1.82) is 0 Å². The summed E-state index contributed by atoms with van der Waals surface area (Å²) in [6.45, 7) is 0. The number of oxime groups is 1. The number of carbonyl (C=O) groups excluding carboxylic acids is 2. The highest BCUT2D eigenvalue weighted by atomic mass is 35.5. The van der Waals surface area contributed by atoms with E-state index < -0.39 is 12.0 Å². The van der Waals surface area contributed by atoms with E-state index in [0.29, 0.717) is 27.7 Å². The minimum Gasteiger partial charge on any atom is -0.382 e. The number of rotatable bonds is 4. The summed E-state index contributed by atoms with van der Waals surface area (Å²) < 4.78 is 0. The van der Waals surface area contributed by atoms with E-state index in [4.69, 9.17) is 22.2 Å². The highest BCUT2D eigenvalue weighted by Gasteiger charge is 2.32. The number of anilines is 1. The zero-order chi connectivity index (χ0) is 19.0. The second-order valence-corrected chi connectivity index (χ2v) is 8.10. The van der Waals surface area contributed by atoms with Crippen LogP contribution >= 0.6 is 22.9 Å². The molecule has 0 spiro atoms. The van der Waals surface area contributed by atoms with Gasteiger partial charge in [0, 0.05) is 21.9 Å². The molecule has 3 N–H and O–H groups in total. The smallest absolute Gasteiger partial charge is 0.269 e. The van der Waals surface area contributed by atoms with E-state index in [-0.39, 0.29) is 5.91 Å². The third-order valence-corrected chi connectivity index (χ3v) is 6.34. The molecule has 6 nitrogen and oxygen atoms in total. The van der Waals surface area contributed by atoms with Crippen LogP contribution < -0.4 is 11.1 Å². The van der Waals surface area contributed by atoms with Gasteiger partial charge < -0.3 is 15.9 Å². The molecule has 27 heavy (non-hydrogen) atoms. The first-order valence-electron chi connectivity index (χ1n) is 8.77. The molecule has 1 aliphatic heterocycles. The summed E-state index contributed by atoms with van der Waals surface area (Å²) in [7, 11) is 0. The van der Waals surface area contributed by atoms with Crippen LogP contribution in [0.3, 0.4) is 0 Å². The molecule has 1 aromatic heterocycles. The average Bonchev–Trinajstić information content (AvgIpc) is 3.26. The topological polar surface area (TPSA) is 93.8 Å². The number of amides is 2. The first-order chi connectivity index (χ1) is 13.0. The number of fused-ring (bicyclic) bond motifs is 1. The lowest BCUT2D eigenvalue weighted by Crippen LogP contribution is -2.28. The van der Waals surface area contributed by atoms with Crippen LogP contribution in [-0.4, -0.2) is 23.6 Å². The molecule has 0 radical (unpaired) electrons. The van der Waals surface area contributed by atoms with Crippen molar-refractivity contribution in [3.8, 4) is 0 Å². The lowest BCUT2D eigenvalue weighted by Gasteiger charge is -2.11. The Morgan fingerprint density at radius 3 is 2.81 bits per heavy atom. The summed E-state index contributed by atoms with van der Waals surface area (Å²) in [6, 6.07) is 7.29. The zero-order valence-corrected chi connectivity index (χ0v) is 16.0. The highest BCUT2D eigenvalue weighted by molar-refractivity contribution is 7.17. The molecule has 140 valence electrons. The van der Waals surface area contributed by atoms with Gasteiger partial charge in [-0.1, -0.05) is 35.0 Å². The van der Waals surface area contributed by atoms with Crippen molar-refractivity contribution in [2.75, 3.05) is 5.32 Å². The maximum Gasteiger partial charge on any atom is 0.269 e. The second-order valence-electron chi connectivity index (χ2n) is 6.58. The zero-order valence-electron chi connectivity index (χ0n) is 14.5. The minimum atomic E-state index is -0.767. The number of hydrogen-bond donors (Lipinski definition) is 2. The highest BCUT2D eigenvalue weighted by Crippen LogP contribution is 2.38. The molecule has 2 amide bonds. The molecule has 0 saturated heterocycles. The van der Waals surface area contributed by atoms with Crippen molar-refractivity contribution in [2.24, 2.45) is 10.9 Å². The lowest BCUT2D eigenvalue weighted by atomic mass is 9.95. The van der Waals surface area contributed by atoms with Crippen LogP contribution in [0.1, 0.15) is 45.6 Å². The number of primary amides is 1. The molecule has 0 bridgehead atoms. The largest absolute Gasteiger partial charge is 0.382 e. The first-order valence-corrected chi connectivity index (χ1v) is 9.97. The van der Waals surface area contributed by atoms with Gasteiger partial charge in [-0.05, 0) is 37.3 Å². The number of carbonyl (C=O) groups is 2. The fourth-order valence-electron chi connectivity index (χ4n) is 3.48. The van der Waals surface area contributed by atoms with Crippen molar-refractivity contribution < 1.29 is 14.4 Å². The van der Waals surface area contributed by atoms with Gasteiger partial charge in [-0.2, -0.15) is 0 Å². The van der Waals surface area contributed by atoms with Gasteiger partial charge in [-0.25, -0.2) is 0 Å². The first kappa shape index (κ1) is 18.0. The van der Waals surface area contributed by atoms with E-state index in [2.05, 4.69) is 10.5 Å². The summed E-state index contributed by atoms with van der Waals surface area (Å²) in [5.41, 5.74) is 8.37. The fraction of sp³-hybridized carbons (Fsp3) is 0.316. The predicted molar refractivity (Wildman–Crippen MR) is 106 cm³/mol. The van der Waals surface area contributed by atoms with Crippen LogP contribution in [0.2, 0.25) is 5.02 Å². The van der Waals surface area contributed by atoms with Gasteiger partial charge in [0.15, 0.2) is 0 Å². The molecule has 8 heteroatoms. The number of thiophene rings is 1. The van der Waals surface area contributed by atoms with Gasteiger partial charge >= 0.3 is 0 Å². The molecular formula is C19H18ClN3O3S. The third kappa shape index (κ3) is 3.44. The van der Waals surface area contributed by atoms with Gasteiger partial charge in [0.25, 0.3) is 11.8 Å². The Balaban J connectivity index is 1.50. The molecule has 0 fully saturated rings. The minimum absolute atomic E-state index is 0.312. The number of aryl methyl sites for hydroxylation is 1. The van der Waals surface area contributed by atoms with Crippen molar-refractivity contribution in [3.05, 3.63) is 50.9 Å². The molecular weight excluding hydrogens is 386 g/mol. The number of hydrogen-bond acceptors (Lipinski definition) is 5. The Kier molecular flexibility index (Phi) is 4.88. The van der Waals surface area contributed by atoms with Crippen molar-refractivity contribution in [3.63, 3.8) is 0 Å². The Bertz CT molecular complexity index is 954. The maximum atomic E-state index is 12.7. The molecule has 1 unspecified atom stereocenters. The molecule has 2 aromatic rings. The summed E-state index contributed by atoms with van der Waals surface area (Å²) in [5, 5.41) is 7.91. The summed E-state index contributed by atoms with van der Waals surface area (Å²) >= 11 is 7.62. The second kappa shape index (κ2) is 7.32. The number of nitrogens with zero attached hydrogens (tertiary/aromatic N) is 1. The van der Waals surface area contributed by atoms with E-state index in [1.807, 2.05) is 18.2 Å². The van der Waals surface area contributed by atoms with Crippen LogP contribution in [0, 0.1) is 0 Å². The summed E-state index contributed by atoms with van der Waals surface area (Å²) in [5.74, 6) is -0.855. The van der Waals surface area contributed by atoms with Crippen molar-refractivity contribution >= 4 is 45.5 Å². The summed E-state index contributed by atoms with van der Waals surface area (Å²) in [6.07, 6.45) is 3.39. The van der Waals surface area contributed by atoms with Crippen LogP contribution in [-0.2, 0) is 22.5 Å². The monoisotopic (exact) mass is 403 g/mol.